The Morgan fingerprint density at radius 3 is 2.71 bits per heavy atom. The first-order valence-corrected chi connectivity index (χ1v) is 10.5. The zero-order valence-electron chi connectivity index (χ0n) is 16.9. The molecule has 1 aliphatic heterocycles. The van der Waals surface area contributed by atoms with Crippen molar-refractivity contribution in [3.8, 4) is 0 Å². The van der Waals surface area contributed by atoms with Gasteiger partial charge in [0.25, 0.3) is 0 Å². The first-order valence-electron chi connectivity index (χ1n) is 9.73. The van der Waals surface area contributed by atoms with Crippen LogP contribution in [0.5, 0.6) is 0 Å². The van der Waals surface area contributed by atoms with E-state index in [4.69, 9.17) is 0 Å². The molecule has 1 aliphatic rings. The van der Waals surface area contributed by atoms with Gasteiger partial charge in [-0.2, -0.15) is 0 Å². The van der Waals surface area contributed by atoms with E-state index in [9.17, 15) is 4.79 Å². The molecule has 0 spiro atoms. The Kier molecular flexibility index (Phi) is 6.86. The van der Waals surface area contributed by atoms with E-state index in [1.54, 1.807) is 25.0 Å². The fourth-order valence-electron chi connectivity index (χ4n) is 3.37. The van der Waals surface area contributed by atoms with Gasteiger partial charge in [-0.05, 0) is 62.9 Å². The van der Waals surface area contributed by atoms with E-state index in [0.717, 1.165) is 39.4 Å². The number of aliphatic imine (C=N–C) groups is 1. The van der Waals surface area contributed by atoms with Crippen molar-refractivity contribution in [2.24, 2.45) is 4.99 Å². The lowest BCUT2D eigenvalue weighted by molar-refractivity contribution is -0.121. The van der Waals surface area contributed by atoms with Crippen LogP contribution in [0.1, 0.15) is 38.7 Å². The molecule has 3 rings (SSSR count). The Morgan fingerprint density at radius 1 is 1.25 bits per heavy atom. The molecule has 0 aliphatic carbocycles. The zero-order valence-corrected chi connectivity index (χ0v) is 17.7. The third-order valence-electron chi connectivity index (χ3n) is 5.20. The van der Waals surface area contributed by atoms with E-state index in [1.807, 2.05) is 32.0 Å². The van der Waals surface area contributed by atoms with Crippen LogP contribution in [-0.2, 0) is 4.79 Å². The monoisotopic (exact) mass is 396 g/mol. The van der Waals surface area contributed by atoms with Gasteiger partial charge in [-0.3, -0.25) is 14.7 Å². The second kappa shape index (κ2) is 9.34. The fraction of sp³-hybridized carbons (Fsp3) is 0.409. The summed E-state index contributed by atoms with van der Waals surface area (Å²) in [6.45, 7) is 10.1. The Morgan fingerprint density at radius 2 is 2.00 bits per heavy atom. The Labute approximate surface area is 171 Å². The van der Waals surface area contributed by atoms with Crippen molar-refractivity contribution in [2.75, 3.05) is 25.5 Å². The molecule has 0 bridgehead atoms. The number of rotatable bonds is 5. The quantitative estimate of drug-likeness (QED) is 0.583. The summed E-state index contributed by atoms with van der Waals surface area (Å²) >= 11 is 1.56. The fourth-order valence-corrected chi connectivity index (χ4v) is 4.06. The number of nitrogens with one attached hydrogen (secondary N) is 1. The van der Waals surface area contributed by atoms with Crippen LogP contribution in [0.2, 0.25) is 0 Å². The van der Waals surface area contributed by atoms with Gasteiger partial charge in [-0.1, -0.05) is 36.9 Å². The Bertz CT molecular complexity index is 903. The van der Waals surface area contributed by atoms with Crippen LogP contribution in [0.4, 0.5) is 5.82 Å². The van der Waals surface area contributed by atoms with Gasteiger partial charge in [0, 0.05) is 23.5 Å². The van der Waals surface area contributed by atoms with Crippen LogP contribution in [0.15, 0.2) is 42.0 Å². The third kappa shape index (κ3) is 5.00. The number of carbonyl (C=O) groups is 1. The predicted molar refractivity (Wildman–Crippen MR) is 121 cm³/mol. The number of piperidine rings is 1. The summed E-state index contributed by atoms with van der Waals surface area (Å²) in [6, 6.07) is 7.94. The van der Waals surface area contributed by atoms with E-state index < -0.39 is 0 Å². The highest BCUT2D eigenvalue weighted by molar-refractivity contribution is 8.21. The highest BCUT2D eigenvalue weighted by atomic mass is 32.2. The number of carbonyl (C=O) groups excluding carboxylic acids is 1. The molecule has 148 valence electrons. The molecule has 6 heteroatoms. The van der Waals surface area contributed by atoms with Crippen molar-refractivity contribution in [1.29, 1.82) is 0 Å². The van der Waals surface area contributed by atoms with Crippen LogP contribution in [0.3, 0.4) is 0 Å². The molecule has 1 fully saturated rings. The van der Waals surface area contributed by atoms with Crippen LogP contribution in [-0.4, -0.2) is 47.0 Å². The third-order valence-corrected chi connectivity index (χ3v) is 6.16. The SMILES string of the molecule is C=C(SC(C)=NC)c1ccc2cnc(NC(=O)C(C)N3CCCCC3)cc2c1. The molecule has 1 aromatic carbocycles. The standard InChI is InChI=1S/C22H28N4OS/c1-15(26-10-6-5-7-11-26)22(27)25-21-13-20-12-18(8-9-19(20)14-24-21)16(2)28-17(3)23-4/h8-9,12-15H,2,5-7,10-11H2,1,3-4H3,(H,24,25,27). The number of likely N-dealkylation sites (tertiary alicyclic amines) is 1. The lowest BCUT2D eigenvalue weighted by Gasteiger charge is -2.31. The molecule has 0 saturated carbocycles. The molecule has 5 nitrogen and oxygen atoms in total. The van der Waals surface area contributed by atoms with E-state index in [2.05, 4.69) is 32.8 Å². The van der Waals surface area contributed by atoms with Gasteiger partial charge in [0.05, 0.1) is 11.1 Å². The van der Waals surface area contributed by atoms with Crippen molar-refractivity contribution in [3.63, 3.8) is 0 Å². The number of anilines is 1. The van der Waals surface area contributed by atoms with Crippen molar-refractivity contribution in [3.05, 3.63) is 42.6 Å². The number of benzene rings is 1. The molecule has 2 heterocycles. The van der Waals surface area contributed by atoms with E-state index in [-0.39, 0.29) is 11.9 Å². The average molecular weight is 397 g/mol. The summed E-state index contributed by atoms with van der Waals surface area (Å²) < 4.78 is 0. The van der Waals surface area contributed by atoms with Crippen molar-refractivity contribution in [2.45, 2.75) is 39.2 Å². The first kappa shape index (κ1) is 20.6. The number of hydrogen-bond acceptors (Lipinski definition) is 5. The average Bonchev–Trinajstić information content (AvgIpc) is 2.73. The molecule has 28 heavy (non-hydrogen) atoms. The van der Waals surface area contributed by atoms with E-state index >= 15 is 0 Å². The Hall–Kier alpha value is -2.18. The Balaban J connectivity index is 1.75. The molecule has 1 unspecified atom stereocenters. The van der Waals surface area contributed by atoms with E-state index in [1.165, 1.54) is 19.3 Å². The molecule has 1 N–H and O–H groups in total. The largest absolute Gasteiger partial charge is 0.309 e. The molecule has 2 aromatic rings. The number of aromatic nitrogens is 1. The lowest BCUT2D eigenvalue weighted by atomic mass is 10.1. The highest BCUT2D eigenvalue weighted by Crippen LogP contribution is 2.29. The second-order valence-electron chi connectivity index (χ2n) is 7.16. The van der Waals surface area contributed by atoms with Crippen molar-refractivity contribution < 1.29 is 4.79 Å². The van der Waals surface area contributed by atoms with Gasteiger partial charge in [-0.25, -0.2) is 4.98 Å². The molecule has 1 amide bonds. The van der Waals surface area contributed by atoms with Crippen LogP contribution < -0.4 is 5.32 Å². The van der Waals surface area contributed by atoms with Crippen molar-refractivity contribution >= 4 is 44.2 Å². The summed E-state index contributed by atoms with van der Waals surface area (Å²) in [5.41, 5.74) is 1.05. The number of fused-ring (bicyclic) bond motifs is 1. The lowest BCUT2D eigenvalue weighted by Crippen LogP contribution is -2.44. The molecule has 1 atom stereocenters. The minimum atomic E-state index is -0.142. The number of thioether (sulfide) groups is 1. The summed E-state index contributed by atoms with van der Waals surface area (Å²) in [5, 5.41) is 6.02. The molecule has 1 saturated heterocycles. The highest BCUT2D eigenvalue weighted by Gasteiger charge is 2.23. The van der Waals surface area contributed by atoms with Gasteiger partial charge in [0.15, 0.2) is 0 Å². The summed E-state index contributed by atoms with van der Waals surface area (Å²) in [5.74, 6) is 0.586. The summed E-state index contributed by atoms with van der Waals surface area (Å²) in [6.07, 6.45) is 5.39. The maximum Gasteiger partial charge on any atom is 0.242 e. The van der Waals surface area contributed by atoms with Gasteiger partial charge in [0.1, 0.15) is 5.82 Å². The maximum absolute atomic E-state index is 12.7. The normalized spacial score (nSPS) is 16.8. The molecule has 1 aromatic heterocycles. The van der Waals surface area contributed by atoms with Gasteiger partial charge in [0.2, 0.25) is 5.91 Å². The molecular formula is C22H28N4OS. The minimum absolute atomic E-state index is 0.000322. The van der Waals surface area contributed by atoms with Gasteiger partial charge < -0.3 is 5.32 Å². The maximum atomic E-state index is 12.7. The topological polar surface area (TPSA) is 57.6 Å². The number of amides is 1. The van der Waals surface area contributed by atoms with Crippen LogP contribution in [0.25, 0.3) is 15.7 Å². The zero-order chi connectivity index (χ0) is 20.1. The van der Waals surface area contributed by atoms with Crippen LogP contribution >= 0.6 is 11.8 Å². The smallest absolute Gasteiger partial charge is 0.242 e. The van der Waals surface area contributed by atoms with Gasteiger partial charge >= 0.3 is 0 Å². The predicted octanol–water partition coefficient (Wildman–Crippen LogP) is 4.80. The molecule has 0 radical (unpaired) electrons. The number of hydrogen-bond donors (Lipinski definition) is 1. The van der Waals surface area contributed by atoms with Crippen molar-refractivity contribution in [1.82, 2.24) is 9.88 Å². The van der Waals surface area contributed by atoms with Gasteiger partial charge in [-0.15, -0.1) is 0 Å². The minimum Gasteiger partial charge on any atom is -0.309 e. The van der Waals surface area contributed by atoms with Crippen LogP contribution in [0, 0.1) is 0 Å². The summed E-state index contributed by atoms with van der Waals surface area (Å²) in [7, 11) is 1.78. The summed E-state index contributed by atoms with van der Waals surface area (Å²) in [4.78, 5) is 24.4. The first-order chi connectivity index (χ1) is 13.5. The number of nitrogens with zero attached hydrogens (tertiary/aromatic N) is 3. The van der Waals surface area contributed by atoms with E-state index in [0.29, 0.717) is 5.82 Å². The molecular weight excluding hydrogens is 368 g/mol. The second-order valence-corrected chi connectivity index (χ2v) is 8.45. The number of pyridine rings is 1.